The number of allylic oxidation sites excluding steroid dienone is 2. The van der Waals surface area contributed by atoms with Crippen LogP contribution in [0.25, 0.3) is 0 Å². The van der Waals surface area contributed by atoms with Gasteiger partial charge in [-0.05, 0) is 90.0 Å². The predicted molar refractivity (Wildman–Crippen MR) is 210 cm³/mol. The fourth-order valence-electron chi connectivity index (χ4n) is 9.89. The Hall–Kier alpha value is -4.48. The van der Waals surface area contributed by atoms with Crippen molar-refractivity contribution >= 4 is 11.5 Å². The number of Topliss-reactive ketones (excluding diaryl/α,β-unsaturated/α-hetero) is 1. The molecule has 55 heavy (non-hydrogen) atoms. The van der Waals surface area contributed by atoms with Gasteiger partial charge in [0.1, 0.15) is 42.4 Å². The van der Waals surface area contributed by atoms with Gasteiger partial charge < -0.3 is 25.4 Å². The minimum Gasteiger partial charge on any atom is -0.437 e. The van der Waals surface area contributed by atoms with Gasteiger partial charge in [0.25, 0.3) is 6.23 Å². The van der Waals surface area contributed by atoms with E-state index >= 15 is 0 Å². The number of benzene rings is 2. The summed E-state index contributed by atoms with van der Waals surface area (Å²) in [5, 5.41) is 26.1. The summed E-state index contributed by atoms with van der Waals surface area (Å²) in [6, 6.07) is 9.86. The summed E-state index contributed by atoms with van der Waals surface area (Å²) in [7, 11) is 0. The number of carbonyl (C=O) groups excluding carboxylic acids is 1. The van der Waals surface area contributed by atoms with Gasteiger partial charge in [0.15, 0.2) is 11.5 Å². The molecule has 7 aliphatic rings. The van der Waals surface area contributed by atoms with Crippen molar-refractivity contribution in [3.05, 3.63) is 93.8 Å². The van der Waals surface area contributed by atoms with E-state index in [0.29, 0.717) is 43.2 Å². The highest BCUT2D eigenvalue weighted by atomic mass is 16.5. The number of ether oxygens (including phenoxy) is 2. The average molecular weight is 740 g/mol. The van der Waals surface area contributed by atoms with Crippen LogP contribution in [0.15, 0.2) is 71.0 Å². The summed E-state index contributed by atoms with van der Waals surface area (Å²) < 4.78 is 13.3. The van der Waals surface area contributed by atoms with E-state index < -0.39 is 23.9 Å². The first kappa shape index (κ1) is 36.2. The number of aliphatic hydroxyl groups is 2. The van der Waals surface area contributed by atoms with Crippen molar-refractivity contribution in [3.63, 3.8) is 0 Å². The molecule has 2 bridgehead atoms. The van der Waals surface area contributed by atoms with Crippen LogP contribution in [0.2, 0.25) is 0 Å². The second-order valence-corrected chi connectivity index (χ2v) is 16.7. The van der Waals surface area contributed by atoms with Crippen LogP contribution in [0.1, 0.15) is 98.4 Å². The average Bonchev–Trinajstić information content (AvgIpc) is 3.93. The number of ketones is 1. The lowest BCUT2D eigenvalue weighted by atomic mass is 9.73. The lowest BCUT2D eigenvalue weighted by molar-refractivity contribution is -0.888. The lowest BCUT2D eigenvalue weighted by Crippen LogP contribution is -3.13. The SMILES string of the molecule is CC1C=CC(C(O)CC(=O)CCc2ccc3c(c2)OC2C(C#CC(O)c4ccc5c(c4CC4=CN=C6C[NH+]2C=C46)CCNC5N)C2(C#CO3)CCCC2)CC1. The van der Waals surface area contributed by atoms with Gasteiger partial charge in [-0.3, -0.25) is 20.0 Å². The number of hydrogen-bond donors (Lipinski definition) is 5. The smallest absolute Gasteiger partial charge is 0.252 e. The number of nitrogens with one attached hydrogen (secondary N) is 2. The van der Waals surface area contributed by atoms with Gasteiger partial charge in [-0.2, -0.15) is 0 Å². The Balaban J connectivity index is 1.05. The Morgan fingerprint density at radius 2 is 1.96 bits per heavy atom. The third-order valence-electron chi connectivity index (χ3n) is 13.1. The highest BCUT2D eigenvalue weighted by Crippen LogP contribution is 2.47. The highest BCUT2D eigenvalue weighted by Gasteiger charge is 2.51. The van der Waals surface area contributed by atoms with Gasteiger partial charge in [-0.25, -0.2) is 0 Å². The van der Waals surface area contributed by atoms with E-state index in [1.807, 2.05) is 36.5 Å². The minimum absolute atomic E-state index is 0.0371. The van der Waals surface area contributed by atoms with Crippen molar-refractivity contribution < 1.29 is 29.4 Å². The molecule has 0 aromatic heterocycles. The number of nitrogens with zero attached hydrogens (tertiary/aromatic N) is 1. The maximum atomic E-state index is 13.1. The molecule has 5 heterocycles. The molecular weight excluding hydrogens is 689 g/mol. The molecule has 6 N–H and O–H groups in total. The Bertz CT molecular complexity index is 2140. The zero-order valence-corrected chi connectivity index (χ0v) is 31.6. The van der Waals surface area contributed by atoms with Crippen molar-refractivity contribution in [1.82, 2.24) is 5.32 Å². The standard InChI is InChI=1S/C46H50N4O5/c1-28-4-8-30(9-5-28)41(53)24-32(51)10-6-29-7-15-42-43(22-29)55-45-38(46(19-21-54-42)17-2-3-18-46)13-14-40(52)34-11-12-35-33(16-20-48-44(35)47)36(34)23-31-25-49-39-27-50(45)26-37(31)39/h4,7-8,11-12,15,22,25-26,28,30,38,40-41,44-45,48,52-53H,2-3,5-6,9-10,16-18,20,23-24,27,47H2,1H3/p+1. The number of hydrogen-bond acceptors (Lipinski definition) is 8. The van der Waals surface area contributed by atoms with E-state index in [9.17, 15) is 15.0 Å². The lowest BCUT2D eigenvalue weighted by Gasteiger charge is -2.36. The van der Waals surface area contributed by atoms with E-state index in [1.54, 1.807) is 0 Å². The number of carbonyl (C=O) groups is 1. The fraction of sp³-hybridized carbons (Fsp3) is 0.478. The number of quaternary nitrogens is 1. The van der Waals surface area contributed by atoms with Gasteiger partial charge in [0.2, 0.25) is 0 Å². The molecule has 5 aliphatic heterocycles. The normalized spacial score (nSPS) is 30.1. The number of fused-ring (bicyclic) bond motifs is 8. The van der Waals surface area contributed by atoms with Gasteiger partial charge in [-0.15, -0.1) is 0 Å². The maximum Gasteiger partial charge on any atom is 0.252 e. The maximum absolute atomic E-state index is 13.1. The van der Waals surface area contributed by atoms with Crippen LogP contribution in [0.5, 0.6) is 11.5 Å². The van der Waals surface area contributed by atoms with Gasteiger partial charge in [0, 0.05) is 37.9 Å². The number of aliphatic imine (C=N–C) groups is 1. The van der Waals surface area contributed by atoms with Crippen molar-refractivity contribution in [2.24, 2.45) is 33.9 Å². The fourth-order valence-corrected chi connectivity index (χ4v) is 9.89. The largest absolute Gasteiger partial charge is 0.437 e. The minimum atomic E-state index is -1.01. The Kier molecular flexibility index (Phi) is 9.79. The van der Waals surface area contributed by atoms with Gasteiger partial charge in [0.05, 0.1) is 23.3 Å². The van der Waals surface area contributed by atoms with Crippen molar-refractivity contribution in [3.8, 4) is 35.4 Å². The van der Waals surface area contributed by atoms with E-state index in [-0.39, 0.29) is 30.2 Å². The summed E-state index contributed by atoms with van der Waals surface area (Å²) in [5.41, 5.74) is 14.4. The molecule has 1 spiro atoms. The molecule has 9 rings (SSSR count). The molecule has 284 valence electrons. The molecule has 0 amide bonds. The van der Waals surface area contributed by atoms with E-state index in [1.165, 1.54) is 5.56 Å². The summed E-state index contributed by atoms with van der Waals surface area (Å²) in [4.78, 5) is 19.1. The Labute approximate surface area is 323 Å². The van der Waals surface area contributed by atoms with E-state index in [2.05, 4.69) is 54.5 Å². The molecule has 0 saturated heterocycles. The topological polar surface area (TPSA) is 131 Å². The van der Waals surface area contributed by atoms with Crippen LogP contribution in [-0.4, -0.2) is 47.1 Å². The van der Waals surface area contributed by atoms with Crippen LogP contribution in [0.3, 0.4) is 0 Å². The monoisotopic (exact) mass is 739 g/mol. The second kappa shape index (κ2) is 14.9. The van der Waals surface area contributed by atoms with Gasteiger partial charge >= 0.3 is 0 Å². The van der Waals surface area contributed by atoms with Crippen LogP contribution in [0, 0.1) is 47.0 Å². The van der Waals surface area contributed by atoms with Crippen LogP contribution in [0.4, 0.5) is 0 Å². The number of nitrogens with two attached hydrogens (primary N) is 1. The van der Waals surface area contributed by atoms with Crippen LogP contribution >= 0.6 is 0 Å². The molecule has 1 saturated carbocycles. The van der Waals surface area contributed by atoms with Crippen LogP contribution < -0.4 is 25.4 Å². The quantitative estimate of drug-likeness (QED) is 0.221. The number of aryl methyl sites for hydroxylation is 1. The molecule has 8 atom stereocenters. The third kappa shape index (κ3) is 6.99. The third-order valence-corrected chi connectivity index (χ3v) is 13.1. The molecule has 0 radical (unpaired) electrons. The first-order chi connectivity index (χ1) is 26.7. The number of rotatable bonds is 6. The highest BCUT2D eigenvalue weighted by molar-refractivity contribution is 6.08. The van der Waals surface area contributed by atoms with Crippen LogP contribution in [-0.2, 0) is 24.1 Å². The first-order valence-electron chi connectivity index (χ1n) is 20.3. The van der Waals surface area contributed by atoms with Crippen molar-refractivity contribution in [1.29, 1.82) is 0 Å². The molecule has 2 aliphatic carbocycles. The molecule has 8 unspecified atom stereocenters. The zero-order chi connectivity index (χ0) is 37.7. The molecule has 1 fully saturated rings. The van der Waals surface area contributed by atoms with E-state index in [0.717, 1.165) is 95.5 Å². The molecule has 2 aromatic rings. The molecular formula is C46H51N4O5+. The Morgan fingerprint density at radius 1 is 1.11 bits per heavy atom. The second-order valence-electron chi connectivity index (χ2n) is 16.7. The summed E-state index contributed by atoms with van der Waals surface area (Å²) in [6.45, 7) is 3.60. The molecule has 2 aromatic carbocycles. The number of aliphatic hydroxyl groups excluding tert-OH is 2. The van der Waals surface area contributed by atoms with E-state index in [4.69, 9.17) is 20.2 Å². The summed E-state index contributed by atoms with van der Waals surface area (Å²) in [6.07, 6.45) is 17.3. The summed E-state index contributed by atoms with van der Waals surface area (Å²) >= 11 is 0. The zero-order valence-electron chi connectivity index (χ0n) is 31.6. The summed E-state index contributed by atoms with van der Waals surface area (Å²) in [5.74, 6) is 11.8. The van der Waals surface area contributed by atoms with Crippen molar-refractivity contribution in [2.75, 3.05) is 13.1 Å². The Morgan fingerprint density at radius 3 is 2.80 bits per heavy atom. The first-order valence-corrected chi connectivity index (χ1v) is 20.3. The van der Waals surface area contributed by atoms with Crippen molar-refractivity contribution in [2.45, 2.75) is 102 Å². The molecule has 9 heteroatoms. The van der Waals surface area contributed by atoms with Gasteiger partial charge in [-0.1, -0.05) is 67.9 Å². The predicted octanol–water partition coefficient (Wildman–Crippen LogP) is 4.29. The molecule has 9 nitrogen and oxygen atoms in total.